The largest absolute Gasteiger partial charge is 0.356 e. The van der Waals surface area contributed by atoms with Crippen LogP contribution >= 0.6 is 0 Å². The second-order valence-corrected chi connectivity index (χ2v) is 6.63. The molecule has 2 atom stereocenters. The van der Waals surface area contributed by atoms with Gasteiger partial charge in [0, 0.05) is 19.0 Å². The second-order valence-electron chi connectivity index (χ2n) is 6.63. The van der Waals surface area contributed by atoms with Crippen LogP contribution in [-0.4, -0.2) is 12.5 Å². The number of hydrogen-bond donors (Lipinski definition) is 2. The molecular formula is C17H28N2O. The molecular weight excluding hydrogens is 248 g/mol. The highest BCUT2D eigenvalue weighted by molar-refractivity contribution is 5.76. The van der Waals surface area contributed by atoms with Crippen molar-refractivity contribution in [2.45, 2.75) is 46.6 Å². The van der Waals surface area contributed by atoms with Crippen LogP contribution in [0.15, 0.2) is 30.3 Å². The Kier molecular flexibility index (Phi) is 6.21. The quantitative estimate of drug-likeness (QED) is 0.838. The number of carbonyl (C=O) groups excluding carboxylic acids is 1. The van der Waals surface area contributed by atoms with Gasteiger partial charge in [-0.1, -0.05) is 58.0 Å². The van der Waals surface area contributed by atoms with Crippen LogP contribution in [0.3, 0.4) is 0 Å². The summed E-state index contributed by atoms with van der Waals surface area (Å²) in [7, 11) is 0. The maximum atomic E-state index is 11.9. The molecule has 0 aromatic heterocycles. The van der Waals surface area contributed by atoms with E-state index in [1.807, 2.05) is 30.3 Å². The van der Waals surface area contributed by atoms with E-state index in [4.69, 9.17) is 5.73 Å². The third kappa shape index (κ3) is 5.74. The van der Waals surface area contributed by atoms with Crippen molar-refractivity contribution in [1.82, 2.24) is 5.32 Å². The third-order valence-electron chi connectivity index (χ3n) is 3.98. The molecule has 2 unspecified atom stereocenters. The highest BCUT2D eigenvalue weighted by atomic mass is 16.1. The van der Waals surface area contributed by atoms with Crippen molar-refractivity contribution < 1.29 is 4.79 Å². The van der Waals surface area contributed by atoms with Gasteiger partial charge in [0.15, 0.2) is 0 Å². The maximum Gasteiger partial charge on any atom is 0.220 e. The minimum absolute atomic E-state index is 0.0171. The molecule has 3 N–H and O–H groups in total. The van der Waals surface area contributed by atoms with Crippen LogP contribution in [0.5, 0.6) is 0 Å². The van der Waals surface area contributed by atoms with E-state index in [2.05, 4.69) is 33.0 Å². The van der Waals surface area contributed by atoms with Gasteiger partial charge in [-0.15, -0.1) is 0 Å². The first kappa shape index (κ1) is 16.7. The Morgan fingerprint density at radius 3 is 2.40 bits per heavy atom. The van der Waals surface area contributed by atoms with E-state index in [-0.39, 0.29) is 17.4 Å². The molecule has 0 saturated heterocycles. The van der Waals surface area contributed by atoms with Gasteiger partial charge in [0.25, 0.3) is 0 Å². The number of rotatable bonds is 6. The summed E-state index contributed by atoms with van der Waals surface area (Å²) in [5.74, 6) is 0.484. The normalized spacial score (nSPS) is 14.7. The van der Waals surface area contributed by atoms with Gasteiger partial charge in [0.2, 0.25) is 5.91 Å². The van der Waals surface area contributed by atoms with Gasteiger partial charge in [0.05, 0.1) is 0 Å². The number of benzene rings is 1. The molecule has 0 saturated carbocycles. The van der Waals surface area contributed by atoms with Crippen molar-refractivity contribution >= 4 is 5.91 Å². The van der Waals surface area contributed by atoms with E-state index in [1.54, 1.807) is 0 Å². The second kappa shape index (κ2) is 7.44. The van der Waals surface area contributed by atoms with E-state index >= 15 is 0 Å². The lowest BCUT2D eigenvalue weighted by molar-refractivity contribution is -0.122. The van der Waals surface area contributed by atoms with Crippen molar-refractivity contribution in [1.29, 1.82) is 0 Å². The molecule has 0 heterocycles. The van der Waals surface area contributed by atoms with Gasteiger partial charge in [-0.25, -0.2) is 0 Å². The summed E-state index contributed by atoms with van der Waals surface area (Å²) in [4.78, 5) is 11.9. The summed E-state index contributed by atoms with van der Waals surface area (Å²) >= 11 is 0. The molecule has 0 spiro atoms. The van der Waals surface area contributed by atoms with Crippen LogP contribution in [0.2, 0.25) is 0 Å². The highest BCUT2D eigenvalue weighted by Gasteiger charge is 2.22. The fraction of sp³-hybridized carbons (Fsp3) is 0.588. The Morgan fingerprint density at radius 2 is 1.85 bits per heavy atom. The molecule has 1 aromatic carbocycles. The van der Waals surface area contributed by atoms with E-state index < -0.39 is 0 Å². The number of nitrogens with two attached hydrogens (primary N) is 1. The van der Waals surface area contributed by atoms with Gasteiger partial charge < -0.3 is 11.1 Å². The Hall–Kier alpha value is -1.35. The Labute approximate surface area is 122 Å². The molecule has 0 radical (unpaired) electrons. The fourth-order valence-corrected chi connectivity index (χ4v) is 1.89. The molecule has 20 heavy (non-hydrogen) atoms. The summed E-state index contributed by atoms with van der Waals surface area (Å²) in [5, 5.41) is 2.97. The molecule has 0 aliphatic carbocycles. The first-order valence-electron chi connectivity index (χ1n) is 7.38. The molecule has 1 amide bonds. The van der Waals surface area contributed by atoms with Gasteiger partial charge >= 0.3 is 0 Å². The zero-order valence-corrected chi connectivity index (χ0v) is 13.1. The number of hydrogen-bond acceptors (Lipinski definition) is 2. The summed E-state index contributed by atoms with van der Waals surface area (Å²) < 4.78 is 0. The summed E-state index contributed by atoms with van der Waals surface area (Å²) in [6.07, 6.45) is 1.34. The van der Waals surface area contributed by atoms with Crippen molar-refractivity contribution in [3.05, 3.63) is 35.9 Å². The number of carbonyl (C=O) groups is 1. The standard InChI is InChI=1S/C17H28N2O/c1-13(17(2,3)4)12-16(20)19-11-10-15(18)14-8-6-5-7-9-14/h5-9,13,15H,10-12,18H2,1-4H3,(H,19,20). The summed E-state index contributed by atoms with van der Waals surface area (Å²) in [6, 6.07) is 9.97. The molecule has 3 heteroatoms. The summed E-state index contributed by atoms with van der Waals surface area (Å²) in [5.41, 5.74) is 7.38. The van der Waals surface area contributed by atoms with Crippen molar-refractivity contribution in [2.24, 2.45) is 17.1 Å². The predicted octanol–water partition coefficient (Wildman–Crippen LogP) is 3.27. The molecule has 0 aliphatic heterocycles. The first-order valence-corrected chi connectivity index (χ1v) is 7.38. The van der Waals surface area contributed by atoms with Crippen LogP contribution in [0.25, 0.3) is 0 Å². The van der Waals surface area contributed by atoms with E-state index in [9.17, 15) is 4.79 Å². The molecule has 0 aliphatic rings. The van der Waals surface area contributed by atoms with Crippen LogP contribution in [-0.2, 0) is 4.79 Å². The zero-order chi connectivity index (χ0) is 15.2. The van der Waals surface area contributed by atoms with Crippen LogP contribution < -0.4 is 11.1 Å². The topological polar surface area (TPSA) is 55.1 Å². The van der Waals surface area contributed by atoms with Gasteiger partial charge in [-0.3, -0.25) is 4.79 Å². The minimum Gasteiger partial charge on any atom is -0.356 e. The predicted molar refractivity (Wildman–Crippen MR) is 84.2 cm³/mol. The molecule has 3 nitrogen and oxygen atoms in total. The van der Waals surface area contributed by atoms with E-state index in [1.165, 1.54) is 0 Å². The first-order chi connectivity index (χ1) is 9.30. The molecule has 112 valence electrons. The number of nitrogens with one attached hydrogen (secondary N) is 1. The molecule has 0 bridgehead atoms. The van der Waals surface area contributed by atoms with E-state index in [0.717, 1.165) is 12.0 Å². The molecule has 1 rings (SSSR count). The Morgan fingerprint density at radius 1 is 1.25 bits per heavy atom. The third-order valence-corrected chi connectivity index (χ3v) is 3.98. The summed E-state index contributed by atoms with van der Waals surface area (Å²) in [6.45, 7) is 9.24. The van der Waals surface area contributed by atoms with Crippen molar-refractivity contribution in [3.63, 3.8) is 0 Å². The molecule has 0 fully saturated rings. The zero-order valence-electron chi connectivity index (χ0n) is 13.1. The Bertz CT molecular complexity index is 409. The van der Waals surface area contributed by atoms with Gasteiger partial charge in [-0.05, 0) is 23.3 Å². The number of amides is 1. The lowest BCUT2D eigenvalue weighted by Crippen LogP contribution is -2.31. The monoisotopic (exact) mass is 276 g/mol. The highest BCUT2D eigenvalue weighted by Crippen LogP contribution is 2.27. The minimum atomic E-state index is -0.0171. The van der Waals surface area contributed by atoms with Gasteiger partial charge in [-0.2, -0.15) is 0 Å². The SMILES string of the molecule is CC(CC(=O)NCCC(N)c1ccccc1)C(C)(C)C. The van der Waals surface area contributed by atoms with Crippen molar-refractivity contribution in [2.75, 3.05) is 6.54 Å². The van der Waals surface area contributed by atoms with E-state index in [0.29, 0.717) is 18.9 Å². The maximum absolute atomic E-state index is 11.9. The fourth-order valence-electron chi connectivity index (χ4n) is 1.89. The van der Waals surface area contributed by atoms with Crippen LogP contribution in [0.1, 0.15) is 52.1 Å². The average molecular weight is 276 g/mol. The lowest BCUT2D eigenvalue weighted by atomic mass is 9.80. The Balaban J connectivity index is 2.29. The van der Waals surface area contributed by atoms with Crippen LogP contribution in [0, 0.1) is 11.3 Å². The van der Waals surface area contributed by atoms with Gasteiger partial charge in [0.1, 0.15) is 0 Å². The average Bonchev–Trinajstić information content (AvgIpc) is 2.38. The smallest absolute Gasteiger partial charge is 0.220 e. The van der Waals surface area contributed by atoms with Crippen molar-refractivity contribution in [3.8, 4) is 0 Å². The molecule has 1 aromatic rings. The lowest BCUT2D eigenvalue weighted by Gasteiger charge is -2.26. The van der Waals surface area contributed by atoms with Crippen LogP contribution in [0.4, 0.5) is 0 Å².